The third-order valence-corrected chi connectivity index (χ3v) is 5.20. The standard InChI is InChI=1S/C19H26FN5OS/c1-12-5-6-15(11-16(12)20)18(26)22-9-10-24-19(21-4)23-8-7-17-25-13(2)14(3)27-17/h5-6,11H,7-10H2,1-4H3,(H,22,26)(H2,21,23,24). The van der Waals surface area contributed by atoms with Crippen LogP contribution in [0.4, 0.5) is 4.39 Å². The number of halogens is 1. The lowest BCUT2D eigenvalue weighted by molar-refractivity contribution is 0.0954. The van der Waals surface area contributed by atoms with E-state index in [2.05, 4.69) is 32.9 Å². The molecule has 1 aromatic heterocycles. The van der Waals surface area contributed by atoms with E-state index in [-0.39, 0.29) is 11.7 Å². The first kappa shape index (κ1) is 20.8. The Bertz CT molecular complexity index is 799. The summed E-state index contributed by atoms with van der Waals surface area (Å²) < 4.78 is 13.5. The fourth-order valence-corrected chi connectivity index (χ4v) is 3.28. The Hall–Kier alpha value is -2.48. The molecule has 1 amide bonds. The van der Waals surface area contributed by atoms with Crippen molar-refractivity contribution in [1.29, 1.82) is 0 Å². The molecule has 0 radical (unpaired) electrons. The number of carbonyl (C=O) groups excluding carboxylic acids is 1. The molecule has 0 saturated carbocycles. The molecule has 6 nitrogen and oxygen atoms in total. The molecule has 27 heavy (non-hydrogen) atoms. The van der Waals surface area contributed by atoms with E-state index in [4.69, 9.17) is 0 Å². The third-order valence-electron chi connectivity index (χ3n) is 4.06. The summed E-state index contributed by atoms with van der Waals surface area (Å²) in [6.07, 6.45) is 0.829. The second kappa shape index (κ2) is 10.0. The van der Waals surface area contributed by atoms with E-state index in [0.717, 1.165) is 23.7 Å². The normalized spacial score (nSPS) is 11.4. The summed E-state index contributed by atoms with van der Waals surface area (Å²) in [5.41, 5.74) is 1.92. The van der Waals surface area contributed by atoms with E-state index in [1.807, 2.05) is 6.92 Å². The van der Waals surface area contributed by atoms with E-state index in [1.54, 1.807) is 37.4 Å². The zero-order valence-corrected chi connectivity index (χ0v) is 17.0. The number of rotatable bonds is 7. The van der Waals surface area contributed by atoms with E-state index < -0.39 is 0 Å². The fourth-order valence-electron chi connectivity index (χ4n) is 2.35. The van der Waals surface area contributed by atoms with Crippen LogP contribution in [0.1, 0.15) is 31.5 Å². The minimum absolute atomic E-state index is 0.298. The average Bonchev–Trinajstić information content (AvgIpc) is 2.96. The smallest absolute Gasteiger partial charge is 0.251 e. The van der Waals surface area contributed by atoms with Gasteiger partial charge in [0.15, 0.2) is 5.96 Å². The summed E-state index contributed by atoms with van der Waals surface area (Å²) >= 11 is 1.71. The van der Waals surface area contributed by atoms with Crippen LogP contribution in [0.25, 0.3) is 0 Å². The van der Waals surface area contributed by atoms with Crippen LogP contribution in [0.15, 0.2) is 23.2 Å². The lowest BCUT2D eigenvalue weighted by Crippen LogP contribution is -2.42. The predicted octanol–water partition coefficient (Wildman–Crippen LogP) is 2.34. The Morgan fingerprint density at radius 1 is 1.15 bits per heavy atom. The van der Waals surface area contributed by atoms with Crippen molar-refractivity contribution in [2.75, 3.05) is 26.7 Å². The van der Waals surface area contributed by atoms with Crippen molar-refractivity contribution in [3.05, 3.63) is 50.7 Å². The topological polar surface area (TPSA) is 78.4 Å². The molecule has 0 atom stereocenters. The highest BCUT2D eigenvalue weighted by molar-refractivity contribution is 7.11. The van der Waals surface area contributed by atoms with Crippen LogP contribution >= 0.6 is 11.3 Å². The molecule has 0 aliphatic heterocycles. The molecule has 1 aromatic carbocycles. The number of nitrogens with zero attached hydrogens (tertiary/aromatic N) is 2. The molecule has 2 rings (SSSR count). The van der Waals surface area contributed by atoms with Crippen molar-refractivity contribution in [1.82, 2.24) is 20.9 Å². The van der Waals surface area contributed by atoms with Gasteiger partial charge in [-0.15, -0.1) is 11.3 Å². The van der Waals surface area contributed by atoms with Crippen molar-refractivity contribution in [2.24, 2.45) is 4.99 Å². The average molecular weight is 392 g/mol. The van der Waals surface area contributed by atoms with Crippen LogP contribution < -0.4 is 16.0 Å². The summed E-state index contributed by atoms with van der Waals surface area (Å²) in [6, 6.07) is 4.46. The molecule has 0 aliphatic rings. The molecule has 0 unspecified atom stereocenters. The number of aromatic nitrogens is 1. The van der Waals surface area contributed by atoms with Gasteiger partial charge in [-0.3, -0.25) is 9.79 Å². The maximum Gasteiger partial charge on any atom is 0.251 e. The number of carbonyl (C=O) groups is 1. The highest BCUT2D eigenvalue weighted by Crippen LogP contribution is 2.16. The zero-order valence-electron chi connectivity index (χ0n) is 16.1. The number of thiazole rings is 1. The lowest BCUT2D eigenvalue weighted by atomic mass is 10.1. The molecule has 0 bridgehead atoms. The maximum atomic E-state index is 13.5. The minimum atomic E-state index is -0.379. The number of hydrogen-bond acceptors (Lipinski definition) is 4. The Kier molecular flexibility index (Phi) is 7.72. The van der Waals surface area contributed by atoms with Gasteiger partial charge < -0.3 is 16.0 Å². The highest BCUT2D eigenvalue weighted by Gasteiger charge is 2.08. The largest absolute Gasteiger partial charge is 0.356 e. The molecule has 0 saturated heterocycles. The van der Waals surface area contributed by atoms with Crippen molar-refractivity contribution in [3.8, 4) is 0 Å². The molecule has 2 aromatic rings. The molecular formula is C19H26FN5OS. The van der Waals surface area contributed by atoms with Gasteiger partial charge in [0, 0.05) is 43.5 Å². The zero-order chi connectivity index (χ0) is 19.8. The minimum Gasteiger partial charge on any atom is -0.356 e. The van der Waals surface area contributed by atoms with Gasteiger partial charge in [0.2, 0.25) is 0 Å². The SMILES string of the molecule is CN=C(NCCNC(=O)c1ccc(C)c(F)c1)NCCc1nc(C)c(C)s1. The van der Waals surface area contributed by atoms with E-state index in [1.165, 1.54) is 10.9 Å². The molecule has 146 valence electrons. The Morgan fingerprint density at radius 2 is 1.85 bits per heavy atom. The number of nitrogens with one attached hydrogen (secondary N) is 3. The van der Waals surface area contributed by atoms with Gasteiger partial charge in [0.05, 0.1) is 10.7 Å². The van der Waals surface area contributed by atoms with E-state index in [9.17, 15) is 9.18 Å². The first-order chi connectivity index (χ1) is 12.9. The van der Waals surface area contributed by atoms with Crippen LogP contribution in [0.3, 0.4) is 0 Å². The van der Waals surface area contributed by atoms with Gasteiger partial charge >= 0.3 is 0 Å². The molecule has 0 aliphatic carbocycles. The van der Waals surface area contributed by atoms with Gasteiger partial charge in [-0.25, -0.2) is 9.37 Å². The predicted molar refractivity (Wildman–Crippen MR) is 108 cm³/mol. The fraction of sp³-hybridized carbons (Fsp3) is 0.421. The van der Waals surface area contributed by atoms with E-state index in [0.29, 0.717) is 30.2 Å². The van der Waals surface area contributed by atoms with E-state index >= 15 is 0 Å². The quantitative estimate of drug-likeness (QED) is 0.385. The summed E-state index contributed by atoms with van der Waals surface area (Å²) in [5.74, 6) is -0.0141. The number of benzene rings is 1. The lowest BCUT2D eigenvalue weighted by Gasteiger charge is -2.12. The summed E-state index contributed by atoms with van der Waals surface area (Å²) in [5, 5.41) is 10.2. The molecular weight excluding hydrogens is 365 g/mol. The Balaban J connectivity index is 1.68. The molecule has 0 spiro atoms. The Labute approximate surface area is 163 Å². The summed E-state index contributed by atoms with van der Waals surface area (Å²) in [6.45, 7) is 7.39. The van der Waals surface area contributed by atoms with Crippen molar-refractivity contribution in [3.63, 3.8) is 0 Å². The third kappa shape index (κ3) is 6.32. The number of guanidine groups is 1. The van der Waals surface area contributed by atoms with Crippen LogP contribution in [-0.2, 0) is 6.42 Å². The van der Waals surface area contributed by atoms with Crippen LogP contribution in [-0.4, -0.2) is 43.5 Å². The van der Waals surface area contributed by atoms with Crippen LogP contribution in [0.2, 0.25) is 0 Å². The summed E-state index contributed by atoms with van der Waals surface area (Å²) in [4.78, 5) is 21.9. The van der Waals surface area contributed by atoms with Crippen LogP contribution in [0, 0.1) is 26.6 Å². The van der Waals surface area contributed by atoms with Crippen LogP contribution in [0.5, 0.6) is 0 Å². The second-order valence-electron chi connectivity index (χ2n) is 6.14. The van der Waals surface area contributed by atoms with Gasteiger partial charge in [-0.05, 0) is 38.5 Å². The van der Waals surface area contributed by atoms with Gasteiger partial charge in [0.1, 0.15) is 5.82 Å². The van der Waals surface area contributed by atoms with Crippen molar-refractivity contribution >= 4 is 23.2 Å². The first-order valence-electron chi connectivity index (χ1n) is 8.82. The van der Waals surface area contributed by atoms with Gasteiger partial charge in [-0.2, -0.15) is 0 Å². The molecule has 1 heterocycles. The number of hydrogen-bond donors (Lipinski definition) is 3. The Morgan fingerprint density at radius 3 is 2.48 bits per heavy atom. The van der Waals surface area contributed by atoms with Crippen molar-refractivity contribution in [2.45, 2.75) is 27.2 Å². The van der Waals surface area contributed by atoms with Gasteiger partial charge in [0.25, 0.3) is 5.91 Å². The molecule has 8 heteroatoms. The summed E-state index contributed by atoms with van der Waals surface area (Å²) in [7, 11) is 1.70. The van der Waals surface area contributed by atoms with Gasteiger partial charge in [-0.1, -0.05) is 6.07 Å². The first-order valence-corrected chi connectivity index (χ1v) is 9.64. The monoisotopic (exact) mass is 391 g/mol. The number of amides is 1. The maximum absolute atomic E-state index is 13.5. The highest BCUT2D eigenvalue weighted by atomic mass is 32.1. The number of aryl methyl sites for hydroxylation is 3. The second-order valence-corrected chi connectivity index (χ2v) is 7.43. The number of aliphatic imine (C=N–C) groups is 1. The molecule has 0 fully saturated rings. The van der Waals surface area contributed by atoms with Crippen molar-refractivity contribution < 1.29 is 9.18 Å². The molecule has 3 N–H and O–H groups in total.